The number of benzene rings is 1. The number of rotatable bonds is 8. The minimum absolute atomic E-state index is 0.0354. The molecule has 0 aliphatic carbocycles. The number of carbonyl (C=O) groups is 2. The average molecular weight is 385 g/mol. The van der Waals surface area contributed by atoms with Crippen LogP contribution in [0.5, 0.6) is 5.75 Å². The molecule has 7 heteroatoms. The van der Waals surface area contributed by atoms with Crippen molar-refractivity contribution in [3.63, 3.8) is 0 Å². The van der Waals surface area contributed by atoms with E-state index >= 15 is 0 Å². The summed E-state index contributed by atoms with van der Waals surface area (Å²) >= 11 is 0. The highest BCUT2D eigenvalue weighted by atomic mass is 16.5. The summed E-state index contributed by atoms with van der Waals surface area (Å²) in [5.74, 6) is 1.79. The molecule has 1 amide bonds. The number of amides is 1. The fourth-order valence-electron chi connectivity index (χ4n) is 3.22. The molecule has 1 aliphatic rings. The first-order valence-electron chi connectivity index (χ1n) is 9.67. The van der Waals surface area contributed by atoms with Crippen molar-refractivity contribution in [2.75, 3.05) is 32.8 Å². The fourth-order valence-corrected chi connectivity index (χ4v) is 3.22. The van der Waals surface area contributed by atoms with Gasteiger partial charge in [-0.2, -0.15) is 0 Å². The molecule has 2 heterocycles. The van der Waals surface area contributed by atoms with Crippen LogP contribution in [0.4, 0.5) is 0 Å². The zero-order valence-electron chi connectivity index (χ0n) is 16.5. The number of nitrogens with zero attached hydrogens (tertiary/aromatic N) is 3. The highest BCUT2D eigenvalue weighted by Crippen LogP contribution is 2.14. The monoisotopic (exact) mass is 385 g/mol. The van der Waals surface area contributed by atoms with Gasteiger partial charge in [-0.25, -0.2) is 0 Å². The molecule has 7 nitrogen and oxygen atoms in total. The van der Waals surface area contributed by atoms with Gasteiger partial charge in [0.25, 0.3) is 0 Å². The molecule has 0 unspecified atom stereocenters. The maximum atomic E-state index is 12.4. The predicted octanol–water partition coefficient (Wildman–Crippen LogP) is 2.69. The van der Waals surface area contributed by atoms with Gasteiger partial charge in [0.1, 0.15) is 5.75 Å². The van der Waals surface area contributed by atoms with E-state index in [1.165, 1.54) is 6.92 Å². The van der Waals surface area contributed by atoms with Gasteiger partial charge in [-0.1, -0.05) is 5.16 Å². The summed E-state index contributed by atoms with van der Waals surface area (Å²) in [6, 6.07) is 9.03. The van der Waals surface area contributed by atoms with Crippen molar-refractivity contribution < 1.29 is 18.8 Å². The molecule has 0 atom stereocenters. The number of aromatic nitrogens is 1. The van der Waals surface area contributed by atoms with E-state index in [2.05, 4.69) is 10.1 Å². The minimum Gasteiger partial charge on any atom is -0.494 e. The highest BCUT2D eigenvalue weighted by Gasteiger charge is 2.21. The third-order valence-corrected chi connectivity index (χ3v) is 4.85. The van der Waals surface area contributed by atoms with Gasteiger partial charge in [-0.05, 0) is 44.5 Å². The van der Waals surface area contributed by atoms with E-state index in [1.54, 1.807) is 24.3 Å². The summed E-state index contributed by atoms with van der Waals surface area (Å²) in [5.41, 5.74) is 1.56. The maximum Gasteiger partial charge on any atom is 0.222 e. The number of aryl methyl sites for hydroxylation is 1. The summed E-state index contributed by atoms with van der Waals surface area (Å²) in [6.45, 7) is 7.81. The molecule has 3 rings (SSSR count). The van der Waals surface area contributed by atoms with Gasteiger partial charge in [0.05, 0.1) is 18.8 Å². The number of Topliss-reactive ketones (excluding diaryl/α,β-unsaturated/α-hetero) is 1. The van der Waals surface area contributed by atoms with E-state index in [-0.39, 0.29) is 11.7 Å². The Morgan fingerprint density at radius 1 is 1.14 bits per heavy atom. The van der Waals surface area contributed by atoms with Crippen LogP contribution in [0.2, 0.25) is 0 Å². The van der Waals surface area contributed by atoms with Crippen molar-refractivity contribution in [1.29, 1.82) is 0 Å². The van der Waals surface area contributed by atoms with Crippen LogP contribution in [-0.4, -0.2) is 59.4 Å². The average Bonchev–Trinajstić information content (AvgIpc) is 3.10. The number of piperazine rings is 1. The molecule has 2 aromatic rings. The van der Waals surface area contributed by atoms with Gasteiger partial charge in [0, 0.05) is 44.2 Å². The fraction of sp³-hybridized carbons (Fsp3) is 0.476. The zero-order chi connectivity index (χ0) is 19.9. The van der Waals surface area contributed by atoms with Crippen LogP contribution < -0.4 is 4.74 Å². The number of hydrogen-bond donors (Lipinski definition) is 0. The van der Waals surface area contributed by atoms with Gasteiger partial charge in [-0.15, -0.1) is 0 Å². The maximum absolute atomic E-state index is 12.4. The normalized spacial score (nSPS) is 14.9. The third-order valence-electron chi connectivity index (χ3n) is 4.85. The Hall–Kier alpha value is -2.67. The summed E-state index contributed by atoms with van der Waals surface area (Å²) in [6.07, 6.45) is 1.15. The van der Waals surface area contributed by atoms with Crippen molar-refractivity contribution in [2.24, 2.45) is 0 Å². The summed E-state index contributed by atoms with van der Waals surface area (Å²) in [7, 11) is 0. The highest BCUT2D eigenvalue weighted by molar-refractivity contribution is 5.94. The molecular formula is C21H27N3O4. The third kappa shape index (κ3) is 5.66. The number of hydrogen-bond acceptors (Lipinski definition) is 6. The van der Waals surface area contributed by atoms with Gasteiger partial charge in [0.15, 0.2) is 11.5 Å². The van der Waals surface area contributed by atoms with Crippen molar-refractivity contribution in [3.05, 3.63) is 47.3 Å². The second kappa shape index (κ2) is 9.50. The Kier molecular flexibility index (Phi) is 6.81. The molecule has 0 radical (unpaired) electrons. The number of ketones is 1. The largest absolute Gasteiger partial charge is 0.494 e. The quantitative estimate of drug-likeness (QED) is 0.514. The van der Waals surface area contributed by atoms with E-state index in [9.17, 15) is 9.59 Å². The molecule has 1 aromatic heterocycles. The lowest BCUT2D eigenvalue weighted by atomic mass is 10.1. The van der Waals surface area contributed by atoms with Crippen LogP contribution in [-0.2, 0) is 11.3 Å². The smallest absolute Gasteiger partial charge is 0.222 e. The van der Waals surface area contributed by atoms with Gasteiger partial charge >= 0.3 is 0 Å². The van der Waals surface area contributed by atoms with Gasteiger partial charge in [0.2, 0.25) is 5.91 Å². The molecule has 0 saturated carbocycles. The molecule has 28 heavy (non-hydrogen) atoms. The Labute approximate surface area is 165 Å². The summed E-state index contributed by atoms with van der Waals surface area (Å²) in [4.78, 5) is 27.8. The summed E-state index contributed by atoms with van der Waals surface area (Å²) in [5, 5.41) is 3.91. The molecule has 1 aliphatic heterocycles. The first kappa shape index (κ1) is 20.1. The SMILES string of the molecule is CC(=O)c1ccc(OCCCC(=O)N2CCN(Cc3cc(C)no3)CC2)cc1. The van der Waals surface area contributed by atoms with Crippen molar-refractivity contribution >= 4 is 11.7 Å². The van der Waals surface area contributed by atoms with Crippen molar-refractivity contribution in [3.8, 4) is 5.75 Å². The predicted molar refractivity (Wildman–Crippen MR) is 104 cm³/mol. The van der Waals surface area contributed by atoms with Crippen LogP contribution >= 0.6 is 0 Å². The Morgan fingerprint density at radius 2 is 1.86 bits per heavy atom. The van der Waals surface area contributed by atoms with E-state index in [1.807, 2.05) is 17.9 Å². The van der Waals surface area contributed by atoms with Crippen molar-refractivity contribution in [1.82, 2.24) is 15.0 Å². The van der Waals surface area contributed by atoms with Crippen LogP contribution in [0.25, 0.3) is 0 Å². The van der Waals surface area contributed by atoms with Crippen LogP contribution in [0, 0.1) is 6.92 Å². The van der Waals surface area contributed by atoms with Gasteiger partial charge < -0.3 is 14.2 Å². The molecule has 150 valence electrons. The Morgan fingerprint density at radius 3 is 2.46 bits per heavy atom. The Balaban J connectivity index is 1.32. The molecule has 1 fully saturated rings. The lowest BCUT2D eigenvalue weighted by Gasteiger charge is -2.34. The topological polar surface area (TPSA) is 75.9 Å². The first-order chi connectivity index (χ1) is 13.5. The van der Waals surface area contributed by atoms with E-state index in [0.717, 1.165) is 44.2 Å². The van der Waals surface area contributed by atoms with Gasteiger partial charge in [-0.3, -0.25) is 14.5 Å². The second-order valence-corrected chi connectivity index (χ2v) is 7.12. The molecular weight excluding hydrogens is 358 g/mol. The molecule has 1 aromatic carbocycles. The molecule has 0 N–H and O–H groups in total. The van der Waals surface area contributed by atoms with Crippen LogP contribution in [0.3, 0.4) is 0 Å². The molecule has 0 bridgehead atoms. The van der Waals surface area contributed by atoms with Crippen LogP contribution in [0.1, 0.15) is 41.6 Å². The minimum atomic E-state index is 0.0354. The lowest BCUT2D eigenvalue weighted by Crippen LogP contribution is -2.48. The second-order valence-electron chi connectivity index (χ2n) is 7.12. The zero-order valence-corrected chi connectivity index (χ0v) is 16.5. The van der Waals surface area contributed by atoms with E-state index < -0.39 is 0 Å². The molecule has 1 saturated heterocycles. The number of carbonyl (C=O) groups excluding carboxylic acids is 2. The number of ether oxygens (including phenoxy) is 1. The molecule has 0 spiro atoms. The Bertz CT molecular complexity index is 792. The van der Waals surface area contributed by atoms with E-state index in [4.69, 9.17) is 9.26 Å². The van der Waals surface area contributed by atoms with Crippen molar-refractivity contribution in [2.45, 2.75) is 33.2 Å². The standard InChI is InChI=1S/C21H27N3O4/c1-16-14-20(28-22-16)15-23-9-11-24(12-10-23)21(26)4-3-13-27-19-7-5-18(6-8-19)17(2)25/h5-8,14H,3-4,9-13,15H2,1-2H3. The van der Waals surface area contributed by atoms with E-state index in [0.29, 0.717) is 30.8 Å². The summed E-state index contributed by atoms with van der Waals surface area (Å²) < 4.78 is 10.9. The van der Waals surface area contributed by atoms with Crippen LogP contribution in [0.15, 0.2) is 34.9 Å². The first-order valence-corrected chi connectivity index (χ1v) is 9.67. The lowest BCUT2D eigenvalue weighted by molar-refractivity contribution is -0.133.